The van der Waals surface area contributed by atoms with Crippen LogP contribution in [0.3, 0.4) is 0 Å². The summed E-state index contributed by atoms with van der Waals surface area (Å²) in [5.74, 6) is -0.0460. The van der Waals surface area contributed by atoms with Crippen molar-refractivity contribution in [3.8, 4) is 5.75 Å². The van der Waals surface area contributed by atoms with Gasteiger partial charge < -0.3 is 9.84 Å². The Balaban J connectivity index is 2.23. The molecule has 0 spiro atoms. The quantitative estimate of drug-likeness (QED) is 0.456. The summed E-state index contributed by atoms with van der Waals surface area (Å²) in [5.41, 5.74) is 1.28. The third-order valence-corrected chi connectivity index (χ3v) is 2.48. The first-order valence-electron chi connectivity index (χ1n) is 5.91. The van der Waals surface area contributed by atoms with Crippen LogP contribution in [0, 0.1) is 0 Å². The van der Waals surface area contributed by atoms with Gasteiger partial charge in [0.05, 0.1) is 7.11 Å². The number of aliphatic carboxylic acids is 1. The minimum atomic E-state index is -0.919. The van der Waals surface area contributed by atoms with Gasteiger partial charge >= 0.3 is 5.97 Å². The number of aryl methyl sites for hydroxylation is 1. The fourth-order valence-electron chi connectivity index (χ4n) is 1.53. The molecule has 0 atom stereocenters. The lowest BCUT2D eigenvalue weighted by Crippen LogP contribution is -1.86. The molecule has 0 saturated carbocycles. The van der Waals surface area contributed by atoms with Crippen molar-refractivity contribution in [1.29, 1.82) is 0 Å². The van der Waals surface area contributed by atoms with Gasteiger partial charge in [-0.3, -0.25) is 0 Å². The van der Waals surface area contributed by atoms with E-state index in [1.165, 1.54) is 11.6 Å². The van der Waals surface area contributed by atoms with Gasteiger partial charge in [0.1, 0.15) is 5.75 Å². The number of allylic oxidation sites excluding steroid dienone is 3. The number of carboxylic acids is 1. The molecule has 0 unspecified atom stereocenters. The van der Waals surface area contributed by atoms with Gasteiger partial charge in [-0.05, 0) is 37.0 Å². The predicted molar refractivity (Wildman–Crippen MR) is 71.8 cm³/mol. The first-order valence-corrected chi connectivity index (χ1v) is 5.91. The molecule has 0 aliphatic carbocycles. The summed E-state index contributed by atoms with van der Waals surface area (Å²) in [6.07, 6.45) is 9.40. The molecule has 96 valence electrons. The van der Waals surface area contributed by atoms with Gasteiger partial charge in [0.25, 0.3) is 0 Å². The Kier molecular flexibility index (Phi) is 6.33. The fraction of sp³-hybridized carbons (Fsp3) is 0.267. The molecule has 0 bridgehead atoms. The summed E-state index contributed by atoms with van der Waals surface area (Å²) in [4.78, 5) is 10.2. The van der Waals surface area contributed by atoms with Crippen LogP contribution in [0.15, 0.2) is 48.6 Å². The highest BCUT2D eigenvalue weighted by molar-refractivity contribution is 5.80. The maximum atomic E-state index is 10.2. The number of hydrogen-bond donors (Lipinski definition) is 1. The Labute approximate surface area is 107 Å². The SMILES string of the molecule is COc1ccc(CCC/C=C/C=C/C(=O)O)cc1. The van der Waals surface area contributed by atoms with Crippen LogP contribution in [0.1, 0.15) is 18.4 Å². The number of carbonyl (C=O) groups is 1. The molecule has 0 aliphatic heterocycles. The van der Waals surface area contributed by atoms with Gasteiger partial charge in [-0.15, -0.1) is 0 Å². The van der Waals surface area contributed by atoms with Crippen LogP contribution >= 0.6 is 0 Å². The summed E-state index contributed by atoms with van der Waals surface area (Å²) in [6.45, 7) is 0. The molecule has 3 heteroatoms. The molecule has 0 radical (unpaired) electrons. The molecule has 1 N–H and O–H groups in total. The number of methoxy groups -OCH3 is 1. The zero-order valence-electron chi connectivity index (χ0n) is 10.5. The predicted octanol–water partition coefficient (Wildman–Crippen LogP) is 3.21. The summed E-state index contributed by atoms with van der Waals surface area (Å²) in [7, 11) is 1.66. The minimum Gasteiger partial charge on any atom is -0.497 e. The van der Waals surface area contributed by atoms with Crippen molar-refractivity contribution in [1.82, 2.24) is 0 Å². The van der Waals surface area contributed by atoms with Crippen molar-refractivity contribution in [3.05, 3.63) is 54.1 Å². The van der Waals surface area contributed by atoms with Crippen LogP contribution in [-0.4, -0.2) is 18.2 Å². The van der Waals surface area contributed by atoms with Gasteiger partial charge in [-0.1, -0.05) is 30.4 Å². The largest absolute Gasteiger partial charge is 0.497 e. The van der Waals surface area contributed by atoms with Crippen LogP contribution in [0.4, 0.5) is 0 Å². The van der Waals surface area contributed by atoms with Gasteiger partial charge in [-0.25, -0.2) is 4.79 Å². The number of hydrogen-bond acceptors (Lipinski definition) is 2. The Hall–Kier alpha value is -2.03. The number of carboxylic acid groups (broad SMARTS) is 1. The molecular weight excluding hydrogens is 228 g/mol. The van der Waals surface area contributed by atoms with Crippen molar-refractivity contribution in [2.75, 3.05) is 7.11 Å². The average Bonchev–Trinajstić information content (AvgIpc) is 2.38. The molecule has 1 aromatic rings. The highest BCUT2D eigenvalue weighted by Gasteiger charge is 1.93. The highest BCUT2D eigenvalue weighted by Crippen LogP contribution is 2.13. The maximum absolute atomic E-state index is 10.2. The van der Waals surface area contributed by atoms with Crippen molar-refractivity contribution in [2.45, 2.75) is 19.3 Å². The molecule has 0 aliphatic rings. The van der Waals surface area contributed by atoms with E-state index in [2.05, 4.69) is 12.1 Å². The third-order valence-electron chi connectivity index (χ3n) is 2.48. The number of benzene rings is 1. The van der Waals surface area contributed by atoms with Crippen LogP contribution in [0.5, 0.6) is 5.75 Å². The standard InChI is InChI=1S/C15H18O3/c1-18-14-11-9-13(10-12-14)7-5-3-2-4-6-8-15(16)17/h2,4,6,8-12H,3,5,7H2,1H3,(H,16,17)/b4-2+,8-6+. The highest BCUT2D eigenvalue weighted by atomic mass is 16.5. The maximum Gasteiger partial charge on any atom is 0.328 e. The van der Waals surface area contributed by atoms with Crippen LogP contribution in [0.2, 0.25) is 0 Å². The molecule has 0 heterocycles. The zero-order chi connectivity index (χ0) is 13.2. The van der Waals surface area contributed by atoms with E-state index in [-0.39, 0.29) is 0 Å². The molecule has 1 aromatic carbocycles. The molecule has 0 amide bonds. The van der Waals surface area contributed by atoms with E-state index in [1.807, 2.05) is 18.2 Å². The molecule has 1 rings (SSSR count). The van der Waals surface area contributed by atoms with Gasteiger partial charge in [0.2, 0.25) is 0 Å². The van der Waals surface area contributed by atoms with E-state index in [9.17, 15) is 4.79 Å². The van der Waals surface area contributed by atoms with Crippen LogP contribution < -0.4 is 4.74 Å². The van der Waals surface area contributed by atoms with Crippen molar-refractivity contribution >= 4 is 5.97 Å². The first-order chi connectivity index (χ1) is 8.72. The lowest BCUT2D eigenvalue weighted by atomic mass is 10.1. The Morgan fingerprint density at radius 2 is 2.00 bits per heavy atom. The molecule has 0 fully saturated rings. The van der Waals surface area contributed by atoms with Gasteiger partial charge in [0.15, 0.2) is 0 Å². The number of rotatable bonds is 7. The minimum absolute atomic E-state index is 0.873. The molecule has 3 nitrogen and oxygen atoms in total. The van der Waals surface area contributed by atoms with E-state index in [0.717, 1.165) is 31.1 Å². The Bertz CT molecular complexity index is 416. The smallest absolute Gasteiger partial charge is 0.328 e. The van der Waals surface area contributed by atoms with E-state index >= 15 is 0 Å². The normalized spacial score (nSPS) is 11.2. The second-order valence-electron chi connectivity index (χ2n) is 3.87. The summed E-state index contributed by atoms with van der Waals surface area (Å²) in [6, 6.07) is 8.04. The molecular formula is C15H18O3. The second-order valence-corrected chi connectivity index (χ2v) is 3.87. The Morgan fingerprint density at radius 3 is 2.61 bits per heavy atom. The Morgan fingerprint density at radius 1 is 1.28 bits per heavy atom. The van der Waals surface area contributed by atoms with E-state index < -0.39 is 5.97 Å². The summed E-state index contributed by atoms with van der Waals surface area (Å²) >= 11 is 0. The second kappa shape index (κ2) is 8.12. The lowest BCUT2D eigenvalue weighted by molar-refractivity contribution is -0.131. The van der Waals surface area contributed by atoms with E-state index in [0.29, 0.717) is 0 Å². The zero-order valence-corrected chi connectivity index (χ0v) is 10.5. The van der Waals surface area contributed by atoms with Gasteiger partial charge in [0, 0.05) is 6.08 Å². The summed E-state index contributed by atoms with van der Waals surface area (Å²) in [5, 5.41) is 8.38. The lowest BCUT2D eigenvalue weighted by Gasteiger charge is -2.02. The van der Waals surface area contributed by atoms with Crippen molar-refractivity contribution < 1.29 is 14.6 Å². The average molecular weight is 246 g/mol. The number of ether oxygens (including phenoxy) is 1. The third kappa shape index (κ3) is 5.89. The topological polar surface area (TPSA) is 46.5 Å². The van der Waals surface area contributed by atoms with Crippen molar-refractivity contribution in [2.24, 2.45) is 0 Å². The monoisotopic (exact) mass is 246 g/mol. The van der Waals surface area contributed by atoms with Crippen LogP contribution in [-0.2, 0) is 11.2 Å². The first kappa shape index (κ1) is 14.0. The molecule has 18 heavy (non-hydrogen) atoms. The van der Waals surface area contributed by atoms with Gasteiger partial charge in [-0.2, -0.15) is 0 Å². The molecule has 0 saturated heterocycles. The fourth-order valence-corrected chi connectivity index (χ4v) is 1.53. The molecule has 0 aromatic heterocycles. The summed E-state index contributed by atoms with van der Waals surface area (Å²) < 4.78 is 5.09. The van der Waals surface area contributed by atoms with Crippen molar-refractivity contribution in [3.63, 3.8) is 0 Å². The van der Waals surface area contributed by atoms with Crippen LogP contribution in [0.25, 0.3) is 0 Å². The number of unbranched alkanes of at least 4 members (excludes halogenated alkanes) is 1. The van der Waals surface area contributed by atoms with E-state index in [1.54, 1.807) is 13.2 Å². The van der Waals surface area contributed by atoms with E-state index in [4.69, 9.17) is 9.84 Å².